The average Bonchev–Trinajstić information content (AvgIpc) is 3.40. The van der Waals surface area contributed by atoms with Crippen LogP contribution in [0.5, 0.6) is 0 Å². The van der Waals surface area contributed by atoms with Crippen molar-refractivity contribution >= 4 is 17.6 Å². The molecule has 0 amide bonds. The number of halogens is 1. The lowest BCUT2D eigenvalue weighted by Crippen LogP contribution is -2.46. The average molecular weight is 409 g/mol. The van der Waals surface area contributed by atoms with Gasteiger partial charge in [0.05, 0.1) is 5.41 Å². The van der Waals surface area contributed by atoms with Gasteiger partial charge in [0.2, 0.25) is 0 Å². The Morgan fingerprint density at radius 3 is 2.31 bits per heavy atom. The highest BCUT2D eigenvalue weighted by Gasteiger charge is 2.50. The maximum Gasteiger partial charge on any atom is 0.324 e. The third kappa shape index (κ3) is 3.77. The molecule has 2 aromatic carbocycles. The number of rotatable bonds is 5. The zero-order valence-electron chi connectivity index (χ0n) is 16.6. The van der Waals surface area contributed by atoms with Gasteiger partial charge < -0.3 is 9.42 Å². The Labute approximate surface area is 176 Å². The van der Waals surface area contributed by atoms with Gasteiger partial charge in [-0.15, -0.1) is 0 Å². The fraction of sp³-hybridized carbons (Fsp3) is 0.391. The van der Waals surface area contributed by atoms with Gasteiger partial charge in [-0.1, -0.05) is 58.7 Å². The third-order valence-electron chi connectivity index (χ3n) is 6.16. The van der Waals surface area contributed by atoms with Gasteiger partial charge >= 0.3 is 6.01 Å². The van der Waals surface area contributed by atoms with Crippen LogP contribution in [0.1, 0.15) is 35.4 Å². The van der Waals surface area contributed by atoms with Crippen molar-refractivity contribution in [2.75, 3.05) is 31.1 Å². The first-order valence-electron chi connectivity index (χ1n) is 10.3. The predicted molar refractivity (Wildman–Crippen MR) is 114 cm³/mol. The van der Waals surface area contributed by atoms with Crippen molar-refractivity contribution in [2.45, 2.75) is 31.7 Å². The SMILES string of the molecule is Cc1ccc(CN2CCN(c3nc(C4(c5ccc(Cl)cc5)CC4)no3)CC2)cc1. The Kier molecular flexibility index (Phi) is 4.80. The largest absolute Gasteiger partial charge is 0.324 e. The Morgan fingerprint density at radius 2 is 1.66 bits per heavy atom. The lowest BCUT2D eigenvalue weighted by atomic mass is 9.95. The minimum absolute atomic E-state index is 0.0976. The molecular weight excluding hydrogens is 384 g/mol. The highest BCUT2D eigenvalue weighted by Crippen LogP contribution is 2.52. The molecule has 0 spiro atoms. The van der Waals surface area contributed by atoms with E-state index in [0.717, 1.165) is 56.4 Å². The van der Waals surface area contributed by atoms with E-state index < -0.39 is 0 Å². The van der Waals surface area contributed by atoms with Gasteiger partial charge in [0.15, 0.2) is 5.82 Å². The van der Waals surface area contributed by atoms with Crippen molar-refractivity contribution in [1.29, 1.82) is 0 Å². The molecule has 5 rings (SSSR count). The number of nitrogens with zero attached hydrogens (tertiary/aromatic N) is 4. The van der Waals surface area contributed by atoms with Crippen LogP contribution in [0.15, 0.2) is 53.1 Å². The van der Waals surface area contributed by atoms with Gasteiger partial charge in [0.25, 0.3) is 0 Å². The summed E-state index contributed by atoms with van der Waals surface area (Å²) in [5.41, 5.74) is 3.79. The maximum absolute atomic E-state index is 6.04. The summed E-state index contributed by atoms with van der Waals surface area (Å²) in [6.07, 6.45) is 2.11. The zero-order chi connectivity index (χ0) is 19.8. The van der Waals surface area contributed by atoms with Crippen LogP contribution in [0.2, 0.25) is 5.02 Å². The molecule has 0 N–H and O–H groups in total. The number of hydrogen-bond acceptors (Lipinski definition) is 5. The standard InChI is InChI=1S/C23H25ClN4O/c1-17-2-4-18(5-3-17)16-27-12-14-28(15-13-27)22-25-21(26-29-22)23(10-11-23)19-6-8-20(24)9-7-19/h2-9H,10-16H2,1H3. The van der Waals surface area contributed by atoms with E-state index in [1.165, 1.54) is 16.7 Å². The van der Waals surface area contributed by atoms with Gasteiger partial charge in [-0.3, -0.25) is 4.90 Å². The third-order valence-corrected chi connectivity index (χ3v) is 6.41. The summed E-state index contributed by atoms with van der Waals surface area (Å²) in [4.78, 5) is 9.47. The molecule has 2 aliphatic rings. The van der Waals surface area contributed by atoms with E-state index >= 15 is 0 Å². The van der Waals surface area contributed by atoms with E-state index in [1.807, 2.05) is 12.1 Å². The van der Waals surface area contributed by atoms with E-state index in [1.54, 1.807) is 0 Å². The summed E-state index contributed by atoms with van der Waals surface area (Å²) in [5.74, 6) is 0.803. The second-order valence-corrected chi connectivity index (χ2v) is 8.67. The quantitative estimate of drug-likeness (QED) is 0.624. The molecule has 0 radical (unpaired) electrons. The van der Waals surface area contributed by atoms with Crippen molar-refractivity contribution in [3.63, 3.8) is 0 Å². The van der Waals surface area contributed by atoms with Crippen molar-refractivity contribution in [2.24, 2.45) is 0 Å². The molecular formula is C23H25ClN4O. The predicted octanol–water partition coefficient (Wildman–Crippen LogP) is 4.43. The van der Waals surface area contributed by atoms with Crippen LogP contribution >= 0.6 is 11.6 Å². The molecule has 5 nitrogen and oxygen atoms in total. The molecule has 3 aromatic rings. The summed E-state index contributed by atoms with van der Waals surface area (Å²) in [7, 11) is 0. The molecule has 1 aliphatic heterocycles. The molecule has 2 fully saturated rings. The molecule has 6 heteroatoms. The van der Waals surface area contributed by atoms with Crippen LogP contribution in [-0.2, 0) is 12.0 Å². The van der Waals surface area contributed by atoms with E-state index in [4.69, 9.17) is 21.1 Å². The number of aryl methyl sites for hydroxylation is 1. The summed E-state index contributed by atoms with van der Waals surface area (Å²) >= 11 is 6.04. The molecule has 1 aliphatic carbocycles. The fourth-order valence-corrected chi connectivity index (χ4v) is 4.25. The minimum atomic E-state index is -0.0976. The number of piperazine rings is 1. The molecule has 0 bridgehead atoms. The number of anilines is 1. The normalized spacial score (nSPS) is 18.8. The van der Waals surface area contributed by atoms with Gasteiger partial charge in [-0.2, -0.15) is 4.98 Å². The second kappa shape index (κ2) is 7.47. The molecule has 29 heavy (non-hydrogen) atoms. The molecule has 1 saturated carbocycles. The van der Waals surface area contributed by atoms with Crippen LogP contribution in [0.25, 0.3) is 0 Å². The molecule has 1 aromatic heterocycles. The van der Waals surface area contributed by atoms with Gasteiger partial charge in [-0.25, -0.2) is 0 Å². The van der Waals surface area contributed by atoms with E-state index in [9.17, 15) is 0 Å². The zero-order valence-corrected chi connectivity index (χ0v) is 17.4. The first-order chi connectivity index (χ1) is 14.1. The van der Waals surface area contributed by atoms with Crippen molar-refractivity contribution in [3.8, 4) is 0 Å². The highest BCUT2D eigenvalue weighted by atomic mass is 35.5. The Morgan fingerprint density at radius 1 is 0.966 bits per heavy atom. The van der Waals surface area contributed by atoms with Crippen molar-refractivity contribution in [1.82, 2.24) is 15.0 Å². The number of hydrogen-bond donors (Lipinski definition) is 0. The Balaban J connectivity index is 1.23. The topological polar surface area (TPSA) is 45.4 Å². The van der Waals surface area contributed by atoms with E-state index in [2.05, 4.69) is 58.3 Å². The Bertz CT molecular complexity index is 971. The Hall–Kier alpha value is -2.37. The van der Waals surface area contributed by atoms with Crippen LogP contribution in [0, 0.1) is 6.92 Å². The van der Waals surface area contributed by atoms with E-state index in [0.29, 0.717) is 6.01 Å². The minimum Gasteiger partial charge on any atom is -0.322 e. The monoisotopic (exact) mass is 408 g/mol. The molecule has 150 valence electrons. The molecule has 0 unspecified atom stereocenters. The lowest BCUT2D eigenvalue weighted by molar-refractivity contribution is 0.242. The number of aromatic nitrogens is 2. The van der Waals surface area contributed by atoms with Crippen molar-refractivity contribution < 1.29 is 4.52 Å². The highest BCUT2D eigenvalue weighted by molar-refractivity contribution is 6.30. The maximum atomic E-state index is 6.04. The van der Waals surface area contributed by atoms with Crippen LogP contribution in [0.3, 0.4) is 0 Å². The summed E-state index contributed by atoms with van der Waals surface area (Å²) < 4.78 is 5.66. The van der Waals surface area contributed by atoms with Gasteiger partial charge in [0, 0.05) is 37.7 Å². The fourth-order valence-electron chi connectivity index (χ4n) is 4.12. The lowest BCUT2D eigenvalue weighted by Gasteiger charge is -2.33. The van der Waals surface area contributed by atoms with Crippen LogP contribution < -0.4 is 4.90 Å². The molecule has 1 saturated heterocycles. The smallest absolute Gasteiger partial charge is 0.322 e. The van der Waals surface area contributed by atoms with Crippen LogP contribution in [-0.4, -0.2) is 41.2 Å². The second-order valence-electron chi connectivity index (χ2n) is 8.24. The van der Waals surface area contributed by atoms with Crippen LogP contribution in [0.4, 0.5) is 6.01 Å². The van der Waals surface area contributed by atoms with Crippen molar-refractivity contribution in [3.05, 3.63) is 76.1 Å². The summed E-state index contributed by atoms with van der Waals surface area (Å²) in [5, 5.41) is 5.10. The van der Waals surface area contributed by atoms with Gasteiger partial charge in [0.1, 0.15) is 0 Å². The van der Waals surface area contributed by atoms with E-state index in [-0.39, 0.29) is 5.41 Å². The number of benzene rings is 2. The molecule has 2 heterocycles. The molecule has 0 atom stereocenters. The summed E-state index contributed by atoms with van der Waals surface area (Å²) in [6, 6.07) is 17.5. The first kappa shape index (κ1) is 18.6. The summed E-state index contributed by atoms with van der Waals surface area (Å²) in [6.45, 7) is 6.91. The first-order valence-corrected chi connectivity index (χ1v) is 10.6. The van der Waals surface area contributed by atoms with Gasteiger partial charge in [-0.05, 0) is 43.0 Å².